The molecule has 0 aliphatic carbocycles. The van der Waals surface area contributed by atoms with Gasteiger partial charge >= 0.3 is 0 Å². The Labute approximate surface area is 195 Å². The van der Waals surface area contributed by atoms with Gasteiger partial charge in [0, 0.05) is 42.3 Å². The van der Waals surface area contributed by atoms with Crippen LogP contribution in [-0.4, -0.2) is 31.1 Å². The highest BCUT2D eigenvalue weighted by molar-refractivity contribution is 6.37. The Bertz CT molecular complexity index is 1450. The van der Waals surface area contributed by atoms with E-state index < -0.39 is 11.6 Å². The average molecular weight is 459 g/mol. The lowest BCUT2D eigenvalue weighted by molar-refractivity contribution is -0.136. The first-order valence-electron chi connectivity index (χ1n) is 11.2. The van der Waals surface area contributed by atoms with Gasteiger partial charge in [-0.3, -0.25) is 29.4 Å². The second-order valence-corrected chi connectivity index (χ2v) is 8.24. The van der Waals surface area contributed by atoms with Crippen LogP contribution in [-0.2, 0) is 22.4 Å². The van der Waals surface area contributed by atoms with Gasteiger partial charge in [-0.05, 0) is 37.1 Å². The van der Waals surface area contributed by atoms with Gasteiger partial charge in [0.1, 0.15) is 0 Å². The molecule has 0 fully saturated rings. The number of hydrogen-bond acceptors (Lipinski definition) is 4. The molecule has 2 aromatic heterocycles. The zero-order valence-electron chi connectivity index (χ0n) is 19.1. The monoisotopic (exact) mass is 458 g/mol. The van der Waals surface area contributed by atoms with Crippen LogP contribution >= 0.6 is 0 Å². The topological polar surface area (TPSA) is 110 Å². The van der Waals surface area contributed by atoms with E-state index in [1.54, 1.807) is 19.1 Å². The van der Waals surface area contributed by atoms with Crippen LogP contribution in [0.3, 0.4) is 0 Å². The third kappa shape index (κ3) is 4.61. The molecule has 2 N–H and O–H groups in total. The first-order valence-corrected chi connectivity index (χ1v) is 11.2. The molecule has 0 saturated carbocycles. The van der Waals surface area contributed by atoms with E-state index in [2.05, 4.69) is 10.2 Å². The van der Waals surface area contributed by atoms with Crippen LogP contribution in [0.2, 0.25) is 0 Å². The summed E-state index contributed by atoms with van der Waals surface area (Å²) in [6.45, 7) is 3.63. The first-order chi connectivity index (χ1) is 16.4. The van der Waals surface area contributed by atoms with Gasteiger partial charge in [0.05, 0.1) is 11.4 Å². The number of para-hydroxylation sites is 2. The summed E-state index contributed by atoms with van der Waals surface area (Å²) in [6.07, 6.45) is 0.716. The lowest BCUT2D eigenvalue weighted by Crippen LogP contribution is -2.23. The predicted molar refractivity (Wildman–Crippen MR) is 129 cm³/mol. The van der Waals surface area contributed by atoms with Crippen molar-refractivity contribution in [2.45, 2.75) is 39.5 Å². The number of nitrogens with zero attached hydrogens (tertiary/aromatic N) is 2. The third-order valence-corrected chi connectivity index (χ3v) is 5.66. The fourth-order valence-electron chi connectivity index (χ4n) is 3.99. The van der Waals surface area contributed by atoms with Crippen molar-refractivity contribution in [3.8, 4) is 11.4 Å². The SMILES string of the molecule is CCCC(=O)C(=O)Cc1c(Cc2ccccc2-n2[nH]c(C)cc2=O)[nH]n(-c2ccccc2)c1=O. The molecule has 0 atom stereocenters. The number of aromatic nitrogens is 4. The summed E-state index contributed by atoms with van der Waals surface area (Å²) in [5.74, 6) is -1.06. The summed E-state index contributed by atoms with van der Waals surface area (Å²) in [5.41, 5.74) is 2.99. The Kier molecular flexibility index (Phi) is 6.58. The maximum atomic E-state index is 13.3. The second kappa shape index (κ2) is 9.74. The van der Waals surface area contributed by atoms with Crippen LogP contribution < -0.4 is 11.1 Å². The number of hydrogen-bond donors (Lipinski definition) is 2. The van der Waals surface area contributed by atoms with Crippen molar-refractivity contribution in [2.24, 2.45) is 0 Å². The van der Waals surface area contributed by atoms with Gasteiger partial charge in [0.2, 0.25) is 5.78 Å². The van der Waals surface area contributed by atoms with E-state index in [1.807, 2.05) is 49.4 Å². The number of carbonyl (C=O) groups is 2. The molecule has 0 aliphatic rings. The molecule has 4 rings (SSSR count). The van der Waals surface area contributed by atoms with E-state index in [9.17, 15) is 19.2 Å². The van der Waals surface area contributed by atoms with Crippen molar-refractivity contribution in [3.63, 3.8) is 0 Å². The molecule has 0 spiro atoms. The average Bonchev–Trinajstić information content (AvgIpc) is 3.33. The maximum absolute atomic E-state index is 13.3. The van der Waals surface area contributed by atoms with Crippen LogP contribution in [0.1, 0.15) is 42.3 Å². The number of carbonyl (C=O) groups excluding carboxylic acids is 2. The van der Waals surface area contributed by atoms with E-state index >= 15 is 0 Å². The van der Waals surface area contributed by atoms with Gasteiger partial charge in [0.15, 0.2) is 5.78 Å². The Morgan fingerprint density at radius 2 is 1.59 bits per heavy atom. The minimum absolute atomic E-state index is 0.156. The van der Waals surface area contributed by atoms with E-state index in [0.717, 1.165) is 11.3 Å². The highest BCUT2D eigenvalue weighted by Gasteiger charge is 2.22. The number of rotatable bonds is 9. The van der Waals surface area contributed by atoms with Crippen molar-refractivity contribution in [3.05, 3.63) is 104 Å². The summed E-state index contributed by atoms with van der Waals surface area (Å²) in [7, 11) is 0. The second-order valence-electron chi connectivity index (χ2n) is 8.24. The van der Waals surface area contributed by atoms with Gasteiger partial charge in [-0.15, -0.1) is 0 Å². The van der Waals surface area contributed by atoms with E-state index in [4.69, 9.17) is 0 Å². The molecule has 0 amide bonds. The zero-order valence-corrected chi connectivity index (χ0v) is 19.1. The molecule has 2 aromatic carbocycles. The quantitative estimate of drug-likeness (QED) is 0.376. The molecular formula is C26H26N4O4. The maximum Gasteiger partial charge on any atom is 0.275 e. The third-order valence-electron chi connectivity index (χ3n) is 5.66. The van der Waals surface area contributed by atoms with E-state index in [0.29, 0.717) is 23.5 Å². The number of benzene rings is 2. The molecule has 174 valence electrons. The van der Waals surface area contributed by atoms with Gasteiger partial charge in [-0.2, -0.15) is 0 Å². The zero-order chi connectivity index (χ0) is 24.2. The smallest absolute Gasteiger partial charge is 0.275 e. The molecule has 0 unspecified atom stereocenters. The van der Waals surface area contributed by atoms with Crippen LogP contribution in [0, 0.1) is 6.92 Å². The molecule has 4 aromatic rings. The Morgan fingerprint density at radius 3 is 2.26 bits per heavy atom. The minimum Gasteiger partial charge on any atom is -0.295 e. The summed E-state index contributed by atoms with van der Waals surface area (Å²) in [6, 6.07) is 17.9. The van der Waals surface area contributed by atoms with Crippen molar-refractivity contribution >= 4 is 11.6 Å². The number of nitrogens with one attached hydrogen (secondary N) is 2. The van der Waals surface area contributed by atoms with Gasteiger partial charge in [-0.1, -0.05) is 43.3 Å². The highest BCUT2D eigenvalue weighted by atomic mass is 16.2. The van der Waals surface area contributed by atoms with E-state index in [1.165, 1.54) is 15.4 Å². The standard InChI is InChI=1S/C26H26N4O4/c1-3-9-23(31)24(32)16-20-21(28-29(26(20)34)19-11-5-4-6-12-19)15-18-10-7-8-13-22(18)30-25(33)14-17(2)27-30/h4-8,10-14,27-28H,3,9,15-16H2,1-2H3. The lowest BCUT2D eigenvalue weighted by atomic mass is 10.00. The van der Waals surface area contributed by atoms with Crippen molar-refractivity contribution in [1.29, 1.82) is 0 Å². The summed E-state index contributed by atoms with van der Waals surface area (Å²) < 4.78 is 2.84. The highest BCUT2D eigenvalue weighted by Crippen LogP contribution is 2.19. The predicted octanol–water partition coefficient (Wildman–Crippen LogP) is 3.02. The summed E-state index contributed by atoms with van der Waals surface area (Å²) in [5, 5.41) is 6.17. The number of H-pyrrole nitrogens is 2. The lowest BCUT2D eigenvalue weighted by Gasteiger charge is -2.10. The number of aromatic amines is 2. The van der Waals surface area contributed by atoms with Crippen molar-refractivity contribution in [2.75, 3.05) is 0 Å². The number of ketones is 2. The van der Waals surface area contributed by atoms with Gasteiger partial charge < -0.3 is 0 Å². The molecule has 0 saturated heterocycles. The fraction of sp³-hybridized carbons (Fsp3) is 0.231. The van der Waals surface area contributed by atoms with Gasteiger partial charge in [0.25, 0.3) is 11.1 Å². The number of Topliss-reactive ketones (excluding diaryl/α,β-unsaturated/α-hetero) is 2. The normalized spacial score (nSPS) is 11.0. The Morgan fingerprint density at radius 1 is 0.882 bits per heavy atom. The van der Waals surface area contributed by atoms with Crippen molar-refractivity contribution in [1.82, 2.24) is 19.6 Å². The van der Waals surface area contributed by atoms with Crippen LogP contribution in [0.5, 0.6) is 0 Å². The minimum atomic E-state index is -0.580. The summed E-state index contributed by atoms with van der Waals surface area (Å²) >= 11 is 0. The van der Waals surface area contributed by atoms with Crippen LogP contribution in [0.4, 0.5) is 0 Å². The van der Waals surface area contributed by atoms with Crippen LogP contribution in [0.25, 0.3) is 11.4 Å². The molecular weight excluding hydrogens is 432 g/mol. The molecule has 0 radical (unpaired) electrons. The van der Waals surface area contributed by atoms with Crippen LogP contribution in [0.15, 0.2) is 70.3 Å². The van der Waals surface area contributed by atoms with Crippen molar-refractivity contribution < 1.29 is 9.59 Å². The summed E-state index contributed by atoms with van der Waals surface area (Å²) in [4.78, 5) is 50.5. The Hall–Kier alpha value is -4.20. The molecule has 0 bridgehead atoms. The largest absolute Gasteiger partial charge is 0.295 e. The Balaban J connectivity index is 1.80. The molecule has 8 nitrogen and oxygen atoms in total. The fourth-order valence-corrected chi connectivity index (χ4v) is 3.99. The van der Waals surface area contributed by atoms with E-state index in [-0.39, 0.29) is 35.9 Å². The molecule has 34 heavy (non-hydrogen) atoms. The molecule has 8 heteroatoms. The first kappa shape index (κ1) is 23.0. The molecule has 0 aliphatic heterocycles. The number of aryl methyl sites for hydroxylation is 1. The molecule has 2 heterocycles. The van der Waals surface area contributed by atoms with Gasteiger partial charge in [-0.25, -0.2) is 9.36 Å².